The lowest BCUT2D eigenvalue weighted by Gasteiger charge is -2.03. The summed E-state index contributed by atoms with van der Waals surface area (Å²) in [5.74, 6) is -0.345. The van der Waals surface area contributed by atoms with Gasteiger partial charge >= 0.3 is 0 Å². The number of nitrogens with zero attached hydrogens (tertiary/aromatic N) is 2. The molecule has 0 aliphatic rings. The Balaban J connectivity index is 2.70. The van der Waals surface area contributed by atoms with E-state index in [9.17, 15) is 0 Å². The normalized spacial score (nSPS) is 10.7. The topological polar surface area (TPSA) is 98.0 Å². The number of anilines is 1. The molecular weight excluding hydrogens is 214 g/mol. The predicted molar refractivity (Wildman–Crippen MR) is 69.0 cm³/mol. The highest BCUT2D eigenvalue weighted by molar-refractivity contribution is 6.45. The lowest BCUT2D eigenvalue weighted by Crippen LogP contribution is -2.21. The molecule has 0 radical (unpaired) electrons. The SMILES string of the molecule is CCCc1ccc(N/N=C(\C#N)C(=N)N)cc1. The fourth-order valence-electron chi connectivity index (χ4n) is 1.30. The number of aryl methyl sites for hydroxylation is 1. The van der Waals surface area contributed by atoms with Gasteiger partial charge in [-0.05, 0) is 24.1 Å². The molecule has 0 bridgehead atoms. The highest BCUT2D eigenvalue weighted by Crippen LogP contribution is 2.10. The van der Waals surface area contributed by atoms with E-state index in [0.717, 1.165) is 18.5 Å². The Hall–Kier alpha value is -2.35. The summed E-state index contributed by atoms with van der Waals surface area (Å²) in [7, 11) is 0. The average molecular weight is 229 g/mol. The average Bonchev–Trinajstić information content (AvgIpc) is 2.32. The molecule has 0 spiro atoms. The predicted octanol–water partition coefficient (Wildman–Crippen LogP) is 1.87. The van der Waals surface area contributed by atoms with E-state index in [2.05, 4.69) is 17.5 Å². The zero-order chi connectivity index (χ0) is 12.7. The molecule has 5 heteroatoms. The first-order chi connectivity index (χ1) is 8.17. The van der Waals surface area contributed by atoms with Crippen molar-refractivity contribution in [2.24, 2.45) is 10.8 Å². The lowest BCUT2D eigenvalue weighted by atomic mass is 10.1. The first-order valence-electron chi connectivity index (χ1n) is 5.34. The molecule has 0 fully saturated rings. The number of hydrogen-bond acceptors (Lipinski definition) is 4. The van der Waals surface area contributed by atoms with Gasteiger partial charge in [-0.1, -0.05) is 25.5 Å². The highest BCUT2D eigenvalue weighted by atomic mass is 15.3. The van der Waals surface area contributed by atoms with Crippen LogP contribution in [0.25, 0.3) is 0 Å². The molecule has 1 aromatic carbocycles. The van der Waals surface area contributed by atoms with Crippen molar-refractivity contribution in [1.82, 2.24) is 0 Å². The number of hydrogen-bond donors (Lipinski definition) is 3. The van der Waals surface area contributed by atoms with E-state index in [1.807, 2.05) is 24.3 Å². The third-order valence-corrected chi connectivity index (χ3v) is 2.15. The van der Waals surface area contributed by atoms with Crippen LogP contribution in [0, 0.1) is 16.7 Å². The van der Waals surface area contributed by atoms with Crippen molar-refractivity contribution in [2.75, 3.05) is 5.43 Å². The number of amidine groups is 1. The molecule has 88 valence electrons. The third-order valence-electron chi connectivity index (χ3n) is 2.15. The molecule has 0 saturated carbocycles. The molecule has 1 aromatic rings. The van der Waals surface area contributed by atoms with Crippen molar-refractivity contribution in [3.05, 3.63) is 29.8 Å². The lowest BCUT2D eigenvalue weighted by molar-refractivity contribution is 0.922. The van der Waals surface area contributed by atoms with E-state index in [4.69, 9.17) is 16.4 Å². The van der Waals surface area contributed by atoms with Gasteiger partial charge in [0, 0.05) is 0 Å². The Bertz CT molecular complexity index is 453. The maximum absolute atomic E-state index is 8.65. The van der Waals surface area contributed by atoms with Crippen LogP contribution in [0.4, 0.5) is 5.69 Å². The number of hydrazone groups is 1. The van der Waals surface area contributed by atoms with E-state index >= 15 is 0 Å². The van der Waals surface area contributed by atoms with E-state index in [1.54, 1.807) is 6.07 Å². The second-order valence-corrected chi connectivity index (χ2v) is 3.54. The summed E-state index contributed by atoms with van der Waals surface area (Å²) >= 11 is 0. The first kappa shape index (κ1) is 12.7. The largest absolute Gasteiger partial charge is 0.382 e. The summed E-state index contributed by atoms with van der Waals surface area (Å²) in [5.41, 5.74) is 9.75. The minimum Gasteiger partial charge on any atom is -0.382 e. The summed E-state index contributed by atoms with van der Waals surface area (Å²) in [6, 6.07) is 9.50. The van der Waals surface area contributed by atoms with Crippen LogP contribution in [0.1, 0.15) is 18.9 Å². The quantitative estimate of drug-likeness (QED) is 0.408. The monoisotopic (exact) mass is 229 g/mol. The molecule has 0 atom stereocenters. The summed E-state index contributed by atoms with van der Waals surface area (Å²) in [4.78, 5) is 0. The van der Waals surface area contributed by atoms with Gasteiger partial charge in [-0.3, -0.25) is 10.8 Å². The Kier molecular flexibility index (Phi) is 4.70. The fraction of sp³-hybridized carbons (Fsp3) is 0.250. The van der Waals surface area contributed by atoms with Gasteiger partial charge in [0.2, 0.25) is 5.71 Å². The second-order valence-electron chi connectivity index (χ2n) is 3.54. The van der Waals surface area contributed by atoms with Crippen LogP contribution < -0.4 is 11.2 Å². The minimum atomic E-state index is -0.345. The summed E-state index contributed by atoms with van der Waals surface area (Å²) in [5, 5.41) is 19.5. The molecule has 1 rings (SSSR count). The molecule has 0 aromatic heterocycles. The second kappa shape index (κ2) is 6.28. The molecule has 0 aliphatic carbocycles. The molecule has 4 N–H and O–H groups in total. The van der Waals surface area contributed by atoms with Crippen LogP contribution in [-0.4, -0.2) is 11.5 Å². The van der Waals surface area contributed by atoms with Gasteiger partial charge < -0.3 is 5.73 Å². The van der Waals surface area contributed by atoms with Gasteiger partial charge in [-0.25, -0.2) is 0 Å². The van der Waals surface area contributed by atoms with Crippen molar-refractivity contribution < 1.29 is 0 Å². The Labute approximate surface area is 100 Å². The maximum Gasteiger partial charge on any atom is 0.201 e. The molecule has 0 unspecified atom stereocenters. The molecule has 0 heterocycles. The summed E-state index contributed by atoms with van der Waals surface area (Å²) < 4.78 is 0. The summed E-state index contributed by atoms with van der Waals surface area (Å²) in [6.45, 7) is 2.13. The number of rotatable bonds is 5. The molecule has 5 nitrogen and oxygen atoms in total. The van der Waals surface area contributed by atoms with Crippen molar-refractivity contribution in [3.8, 4) is 6.07 Å². The first-order valence-corrected chi connectivity index (χ1v) is 5.34. The van der Waals surface area contributed by atoms with E-state index in [0.29, 0.717) is 0 Å². The maximum atomic E-state index is 8.65. The van der Waals surface area contributed by atoms with Crippen LogP contribution in [0.15, 0.2) is 29.4 Å². The van der Waals surface area contributed by atoms with E-state index in [1.165, 1.54) is 5.56 Å². The van der Waals surface area contributed by atoms with Crippen LogP contribution in [0.3, 0.4) is 0 Å². The zero-order valence-electron chi connectivity index (χ0n) is 9.70. The molecule has 17 heavy (non-hydrogen) atoms. The van der Waals surface area contributed by atoms with Gasteiger partial charge in [0.05, 0.1) is 5.69 Å². The Morgan fingerprint density at radius 1 is 1.47 bits per heavy atom. The van der Waals surface area contributed by atoms with Crippen molar-refractivity contribution in [3.63, 3.8) is 0 Å². The minimum absolute atomic E-state index is 0.123. The number of nitriles is 1. The third kappa shape index (κ3) is 3.95. The smallest absolute Gasteiger partial charge is 0.201 e. The number of nitrogens with one attached hydrogen (secondary N) is 2. The fourth-order valence-corrected chi connectivity index (χ4v) is 1.30. The van der Waals surface area contributed by atoms with Crippen molar-refractivity contribution in [1.29, 1.82) is 10.7 Å². The van der Waals surface area contributed by atoms with E-state index < -0.39 is 0 Å². The zero-order valence-corrected chi connectivity index (χ0v) is 9.70. The number of benzene rings is 1. The van der Waals surface area contributed by atoms with Crippen LogP contribution in [0.2, 0.25) is 0 Å². The van der Waals surface area contributed by atoms with Crippen LogP contribution >= 0.6 is 0 Å². The molecular formula is C12H15N5. The van der Waals surface area contributed by atoms with Crippen LogP contribution in [0.5, 0.6) is 0 Å². The Morgan fingerprint density at radius 3 is 2.59 bits per heavy atom. The van der Waals surface area contributed by atoms with Gasteiger partial charge in [0.15, 0.2) is 5.84 Å². The van der Waals surface area contributed by atoms with Gasteiger partial charge in [-0.2, -0.15) is 10.4 Å². The van der Waals surface area contributed by atoms with Crippen molar-refractivity contribution in [2.45, 2.75) is 19.8 Å². The number of nitrogens with two attached hydrogens (primary N) is 1. The highest BCUT2D eigenvalue weighted by Gasteiger charge is 2.00. The Morgan fingerprint density at radius 2 is 2.12 bits per heavy atom. The molecule has 0 amide bonds. The van der Waals surface area contributed by atoms with Gasteiger partial charge in [-0.15, -0.1) is 0 Å². The molecule has 0 saturated heterocycles. The van der Waals surface area contributed by atoms with Crippen LogP contribution in [-0.2, 0) is 6.42 Å². The van der Waals surface area contributed by atoms with E-state index in [-0.39, 0.29) is 11.5 Å². The standard InChI is InChI=1S/C12H15N5/c1-2-3-9-4-6-10(7-5-9)16-17-11(8-13)12(14)15/h4-7,16H,2-3H2,1H3,(H3,14,15)/b17-11+. The van der Waals surface area contributed by atoms with Gasteiger partial charge in [0.25, 0.3) is 0 Å². The van der Waals surface area contributed by atoms with Crippen molar-refractivity contribution >= 4 is 17.2 Å². The van der Waals surface area contributed by atoms with Gasteiger partial charge in [0.1, 0.15) is 6.07 Å². The molecule has 0 aliphatic heterocycles. The summed E-state index contributed by atoms with van der Waals surface area (Å²) in [6.07, 6.45) is 2.15.